The number of urea groups is 1. The molecule has 2 aliphatic rings. The summed E-state index contributed by atoms with van der Waals surface area (Å²) in [4.78, 5) is 29.8. The van der Waals surface area contributed by atoms with Gasteiger partial charge in [-0.15, -0.1) is 4.24 Å². The van der Waals surface area contributed by atoms with Crippen LogP contribution in [0.4, 0.5) is 22.2 Å². The number of sulfonamides is 1. The van der Waals surface area contributed by atoms with Gasteiger partial charge in [0.25, 0.3) is 10.0 Å². The van der Waals surface area contributed by atoms with Gasteiger partial charge in [-0.3, -0.25) is 4.68 Å². The third-order valence-electron chi connectivity index (χ3n) is 11.0. The molecule has 0 unspecified atom stereocenters. The molecule has 0 radical (unpaired) electrons. The maximum Gasteiger partial charge on any atom is 0.319 e. The van der Waals surface area contributed by atoms with Crippen LogP contribution in [0, 0.1) is 0 Å². The molecule has 18 heteroatoms. The fourth-order valence-corrected chi connectivity index (χ4v) is 8.70. The van der Waals surface area contributed by atoms with E-state index >= 15 is 0 Å². The van der Waals surface area contributed by atoms with Gasteiger partial charge in [-0.05, 0) is 72.0 Å². The van der Waals surface area contributed by atoms with Crippen LogP contribution in [0.2, 0.25) is 0 Å². The molecule has 1 saturated carbocycles. The number of amides is 2. The molecule has 2 amide bonds. The van der Waals surface area contributed by atoms with Crippen LogP contribution >= 0.6 is 11.8 Å². The average molecular weight is 826 g/mol. The Kier molecular flexibility index (Phi) is 11.3. The summed E-state index contributed by atoms with van der Waals surface area (Å²) in [6.07, 6.45) is 4.99. The second-order valence-electron chi connectivity index (χ2n) is 14.6. The van der Waals surface area contributed by atoms with Crippen LogP contribution in [0.25, 0.3) is 11.2 Å². The van der Waals surface area contributed by atoms with Crippen LogP contribution in [0.5, 0.6) is 0 Å². The number of benzene rings is 3. The maximum atomic E-state index is 13.0. The number of nitrogens with one attached hydrogen (secondary N) is 4. The predicted octanol–water partition coefficient (Wildman–Crippen LogP) is 4.57. The van der Waals surface area contributed by atoms with Gasteiger partial charge in [0.2, 0.25) is 5.95 Å². The molecule has 58 heavy (non-hydrogen) atoms. The van der Waals surface area contributed by atoms with E-state index in [4.69, 9.17) is 26.7 Å². The summed E-state index contributed by atoms with van der Waals surface area (Å²) in [5, 5.41) is 36.5. The SMILES string of the molecule is CCc1cnn([C@H]2C[C@@H](n3cnc4c(NCC(c5ccccc5)c5ccccc5)nc(N5CC[C@@H](NC(=O)Nc6ccc(S(=O)(=O)NCl)cc6)C5)nc43)[C@H](O)[C@@H]2O)c1. The Morgan fingerprint density at radius 2 is 1.64 bits per heavy atom. The molecule has 16 nitrogen and oxygen atoms in total. The van der Waals surface area contributed by atoms with Crippen molar-refractivity contribution >= 4 is 56.4 Å². The minimum atomic E-state index is -3.84. The van der Waals surface area contributed by atoms with Crippen LogP contribution in [-0.4, -0.2) is 91.8 Å². The van der Waals surface area contributed by atoms with E-state index in [1.807, 2.05) is 59.0 Å². The van der Waals surface area contributed by atoms with Gasteiger partial charge in [0.15, 0.2) is 17.0 Å². The fraction of sp³-hybridized carbons (Fsp3) is 0.325. The Labute approximate surface area is 340 Å². The van der Waals surface area contributed by atoms with Crippen molar-refractivity contribution in [3.05, 3.63) is 120 Å². The summed E-state index contributed by atoms with van der Waals surface area (Å²) in [6, 6.07) is 24.4. The number of aliphatic hydroxyl groups excluding tert-OH is 2. The molecule has 6 aromatic rings. The highest BCUT2D eigenvalue weighted by atomic mass is 35.5. The lowest BCUT2D eigenvalue weighted by Crippen LogP contribution is -2.40. The number of aromatic nitrogens is 6. The molecule has 8 rings (SSSR count). The molecule has 3 aromatic heterocycles. The Morgan fingerprint density at radius 1 is 0.948 bits per heavy atom. The molecule has 5 atom stereocenters. The molecule has 4 heterocycles. The quantitative estimate of drug-likeness (QED) is 0.0891. The molecular formula is C40H44ClN11O5S. The van der Waals surface area contributed by atoms with Gasteiger partial charge in [0, 0.05) is 43.5 Å². The molecule has 2 fully saturated rings. The topological polar surface area (TPSA) is 204 Å². The number of carbonyl (C=O) groups excluding carboxylic acids is 1. The first-order valence-electron chi connectivity index (χ1n) is 19.1. The number of carbonyl (C=O) groups is 1. The summed E-state index contributed by atoms with van der Waals surface area (Å²) < 4.78 is 29.3. The van der Waals surface area contributed by atoms with Gasteiger partial charge in [-0.2, -0.15) is 15.1 Å². The van der Waals surface area contributed by atoms with Crippen molar-refractivity contribution in [2.24, 2.45) is 0 Å². The van der Waals surface area contributed by atoms with Gasteiger partial charge in [-0.25, -0.2) is 18.2 Å². The van der Waals surface area contributed by atoms with E-state index in [0.717, 1.165) is 23.1 Å². The Hall–Kier alpha value is -5.59. The maximum absolute atomic E-state index is 13.0. The number of nitrogens with zero attached hydrogens (tertiary/aromatic N) is 7. The van der Waals surface area contributed by atoms with E-state index in [1.54, 1.807) is 21.4 Å². The zero-order valence-corrected chi connectivity index (χ0v) is 33.1. The van der Waals surface area contributed by atoms with E-state index in [-0.39, 0.29) is 16.9 Å². The third-order valence-corrected chi connectivity index (χ3v) is 12.7. The Balaban J connectivity index is 1.07. The van der Waals surface area contributed by atoms with Crippen molar-refractivity contribution < 1.29 is 23.4 Å². The number of rotatable bonds is 13. The van der Waals surface area contributed by atoms with Gasteiger partial charge >= 0.3 is 6.03 Å². The number of anilines is 3. The zero-order valence-electron chi connectivity index (χ0n) is 31.6. The van der Waals surface area contributed by atoms with Crippen molar-refractivity contribution in [2.45, 2.75) is 67.3 Å². The molecule has 0 bridgehead atoms. The second-order valence-corrected chi connectivity index (χ2v) is 16.7. The average Bonchev–Trinajstić information content (AvgIpc) is 4.06. The van der Waals surface area contributed by atoms with Crippen LogP contribution < -0.4 is 25.1 Å². The van der Waals surface area contributed by atoms with Crippen molar-refractivity contribution in [3.63, 3.8) is 0 Å². The lowest BCUT2D eigenvalue weighted by molar-refractivity contribution is 0.00721. The monoisotopic (exact) mass is 825 g/mol. The van der Waals surface area contributed by atoms with Crippen molar-refractivity contribution in [1.82, 2.24) is 38.9 Å². The molecule has 302 valence electrons. The Morgan fingerprint density at radius 3 is 2.29 bits per heavy atom. The standard InChI is InChI=1S/C40H44ClN11O5S/c1-2-25-20-44-52(22-25)33-19-32(35(53)36(33)54)51-24-43-34-37(42-21-31(26-9-5-3-6-10-26)27-11-7-4-8-12-27)47-39(48-38(34)51)50-18-17-29(23-50)46-40(55)45-28-13-15-30(16-14-28)58(56,57)49-41/h3-16,20,22,24,29,31-33,35-36,49,53-54H,2,17-19,21,23H2,1H3,(H,42,47,48)(H2,45,46,55)/t29-,32-,33+,35+,36-/m1/s1. The number of fused-ring (bicyclic) bond motifs is 1. The smallest absolute Gasteiger partial charge is 0.319 e. The minimum Gasteiger partial charge on any atom is -0.388 e. The van der Waals surface area contributed by atoms with E-state index in [0.29, 0.717) is 61.1 Å². The number of hydrogen-bond acceptors (Lipinski definition) is 11. The molecule has 1 saturated heterocycles. The first kappa shape index (κ1) is 39.2. The first-order chi connectivity index (χ1) is 28.1. The van der Waals surface area contributed by atoms with Gasteiger partial charge < -0.3 is 35.6 Å². The molecular weight excluding hydrogens is 782 g/mol. The number of aliphatic hydroxyl groups is 2. The lowest BCUT2D eigenvalue weighted by atomic mass is 9.91. The van der Waals surface area contributed by atoms with E-state index in [2.05, 4.69) is 45.3 Å². The molecule has 1 aliphatic carbocycles. The number of imidazole rings is 1. The Bertz CT molecular complexity index is 2430. The molecule has 3 aromatic carbocycles. The lowest BCUT2D eigenvalue weighted by Gasteiger charge is -2.22. The minimum absolute atomic E-state index is 0.0101. The highest BCUT2D eigenvalue weighted by Crippen LogP contribution is 2.40. The van der Waals surface area contributed by atoms with Crippen LogP contribution in [-0.2, 0) is 16.4 Å². The summed E-state index contributed by atoms with van der Waals surface area (Å²) in [7, 11) is -3.84. The normalized spacial score (nSPS) is 20.8. The van der Waals surface area contributed by atoms with E-state index in [1.165, 1.54) is 24.3 Å². The van der Waals surface area contributed by atoms with Gasteiger partial charge in [-0.1, -0.05) is 67.6 Å². The highest BCUT2D eigenvalue weighted by Gasteiger charge is 2.44. The first-order valence-corrected chi connectivity index (χ1v) is 21.0. The van der Waals surface area contributed by atoms with Crippen LogP contribution in [0.15, 0.2) is 109 Å². The van der Waals surface area contributed by atoms with E-state index < -0.39 is 40.3 Å². The summed E-state index contributed by atoms with van der Waals surface area (Å²) in [6.45, 7) is 3.50. The largest absolute Gasteiger partial charge is 0.388 e. The van der Waals surface area contributed by atoms with Crippen LogP contribution in [0.3, 0.4) is 0 Å². The molecule has 1 aliphatic heterocycles. The third kappa shape index (κ3) is 8.08. The summed E-state index contributed by atoms with van der Waals surface area (Å²) in [5.74, 6) is 0.930. The summed E-state index contributed by atoms with van der Waals surface area (Å²) >= 11 is 5.33. The number of aryl methyl sites for hydroxylation is 1. The van der Waals surface area contributed by atoms with E-state index in [9.17, 15) is 23.4 Å². The highest BCUT2D eigenvalue weighted by molar-refractivity contribution is 7.90. The number of hydrogen-bond donors (Lipinski definition) is 6. The predicted molar refractivity (Wildman–Crippen MR) is 220 cm³/mol. The second kappa shape index (κ2) is 16.7. The summed E-state index contributed by atoms with van der Waals surface area (Å²) in [5.41, 5.74) is 4.74. The van der Waals surface area contributed by atoms with Crippen molar-refractivity contribution in [2.75, 3.05) is 35.2 Å². The number of halogens is 1. The van der Waals surface area contributed by atoms with Gasteiger partial charge in [0.05, 0.1) is 29.5 Å². The fourth-order valence-electron chi connectivity index (χ4n) is 7.85. The molecule has 6 N–H and O–H groups in total. The van der Waals surface area contributed by atoms with Crippen molar-refractivity contribution in [1.29, 1.82) is 0 Å². The van der Waals surface area contributed by atoms with Crippen LogP contribution in [0.1, 0.15) is 54.5 Å². The van der Waals surface area contributed by atoms with Gasteiger partial charge in [0.1, 0.15) is 12.2 Å². The van der Waals surface area contributed by atoms with Crippen molar-refractivity contribution in [3.8, 4) is 0 Å². The molecule has 0 spiro atoms. The zero-order chi connectivity index (χ0) is 40.4.